The largest absolute Gasteiger partial charge is 0.497 e. The molecule has 3 amide bonds. The van der Waals surface area contributed by atoms with Crippen LogP contribution < -0.4 is 25.4 Å². The molecule has 250 valence electrons. The first kappa shape index (κ1) is 33.6. The number of H-pyrrole nitrogens is 1. The Morgan fingerprint density at radius 3 is 2.26 bits per heavy atom. The van der Waals surface area contributed by atoms with E-state index in [1.54, 1.807) is 80.0 Å². The predicted molar refractivity (Wildman–Crippen MR) is 198 cm³/mol. The fourth-order valence-corrected chi connectivity index (χ4v) is 6.39. The second kappa shape index (κ2) is 15.8. The zero-order chi connectivity index (χ0) is 34.9. The smallest absolute Gasteiger partial charge is 0.272 e. The summed E-state index contributed by atoms with van der Waals surface area (Å²) in [6, 6.07) is 38.3. The molecule has 0 aliphatic carbocycles. The maximum atomic E-state index is 13.9. The van der Waals surface area contributed by atoms with E-state index in [2.05, 4.69) is 20.9 Å². The Morgan fingerprint density at radius 2 is 1.50 bits per heavy atom. The van der Waals surface area contributed by atoms with Gasteiger partial charge in [-0.1, -0.05) is 72.8 Å². The number of anilines is 2. The number of aromatic amines is 1. The van der Waals surface area contributed by atoms with Gasteiger partial charge in [-0.3, -0.25) is 14.4 Å². The summed E-state index contributed by atoms with van der Waals surface area (Å²) < 4.78 is 10.8. The van der Waals surface area contributed by atoms with Crippen molar-refractivity contribution >= 4 is 57.8 Å². The van der Waals surface area contributed by atoms with Crippen LogP contribution in [0.25, 0.3) is 17.0 Å². The number of fused-ring (bicyclic) bond motifs is 1. The number of carbonyl (C=O) groups is 3. The van der Waals surface area contributed by atoms with E-state index in [4.69, 9.17) is 9.47 Å². The lowest BCUT2D eigenvalue weighted by Crippen LogP contribution is -2.30. The fraction of sp³-hybridized carbons (Fsp3) is 0.0750. The van der Waals surface area contributed by atoms with Gasteiger partial charge in [-0.05, 0) is 60.2 Å². The Bertz CT molecular complexity index is 2170. The minimum atomic E-state index is -0.652. The lowest BCUT2D eigenvalue weighted by atomic mass is 10.1. The van der Waals surface area contributed by atoms with Crippen LogP contribution in [0.2, 0.25) is 0 Å². The summed E-state index contributed by atoms with van der Waals surface area (Å²) in [7, 11) is 3.09. The Kier molecular flexibility index (Phi) is 10.6. The second-order valence-corrected chi connectivity index (χ2v) is 12.3. The van der Waals surface area contributed by atoms with E-state index in [0.717, 1.165) is 26.9 Å². The first-order valence-corrected chi connectivity index (χ1v) is 16.6. The summed E-state index contributed by atoms with van der Waals surface area (Å²) in [5.41, 5.74) is 3.88. The van der Waals surface area contributed by atoms with Crippen molar-refractivity contribution in [3.63, 3.8) is 0 Å². The third-order valence-corrected chi connectivity index (χ3v) is 9.05. The molecule has 1 unspecified atom stereocenters. The van der Waals surface area contributed by atoms with E-state index < -0.39 is 17.1 Å². The molecule has 9 nitrogen and oxygen atoms in total. The van der Waals surface area contributed by atoms with Crippen molar-refractivity contribution in [1.29, 1.82) is 0 Å². The molecule has 50 heavy (non-hydrogen) atoms. The highest BCUT2D eigenvalue weighted by Crippen LogP contribution is 2.38. The number of rotatable bonds is 12. The highest BCUT2D eigenvalue weighted by Gasteiger charge is 2.24. The minimum Gasteiger partial charge on any atom is -0.497 e. The van der Waals surface area contributed by atoms with E-state index >= 15 is 0 Å². The Morgan fingerprint density at radius 1 is 0.760 bits per heavy atom. The highest BCUT2D eigenvalue weighted by atomic mass is 32.2. The molecule has 6 rings (SSSR count). The van der Waals surface area contributed by atoms with Crippen LogP contribution in [0.1, 0.15) is 26.7 Å². The molecule has 0 aliphatic heterocycles. The average molecular weight is 683 g/mol. The maximum Gasteiger partial charge on any atom is 0.272 e. The van der Waals surface area contributed by atoms with E-state index in [0.29, 0.717) is 28.4 Å². The molecule has 4 N–H and O–H groups in total. The number of hydrogen-bond donors (Lipinski definition) is 4. The Balaban J connectivity index is 1.26. The number of nitrogens with one attached hydrogen (secondary N) is 4. The molecule has 0 spiro atoms. The van der Waals surface area contributed by atoms with Crippen molar-refractivity contribution in [2.24, 2.45) is 0 Å². The van der Waals surface area contributed by atoms with Crippen LogP contribution in [-0.2, 0) is 9.59 Å². The monoisotopic (exact) mass is 682 g/mol. The number of benzene rings is 5. The molecule has 1 heterocycles. The molecule has 0 saturated heterocycles. The van der Waals surface area contributed by atoms with Gasteiger partial charge in [0.15, 0.2) is 0 Å². The minimum absolute atomic E-state index is 0.0652. The Labute approximate surface area is 293 Å². The van der Waals surface area contributed by atoms with Crippen molar-refractivity contribution < 1.29 is 23.9 Å². The van der Waals surface area contributed by atoms with Gasteiger partial charge in [0.25, 0.3) is 11.8 Å². The lowest BCUT2D eigenvalue weighted by Gasteiger charge is -2.19. The first-order valence-electron chi connectivity index (χ1n) is 15.7. The molecule has 0 bridgehead atoms. The topological polar surface area (TPSA) is 122 Å². The molecular formula is C40H34N4O5S. The third-order valence-electron chi connectivity index (χ3n) is 7.80. The average Bonchev–Trinajstić information content (AvgIpc) is 3.56. The van der Waals surface area contributed by atoms with Crippen LogP contribution in [0, 0.1) is 0 Å². The van der Waals surface area contributed by atoms with Crippen molar-refractivity contribution in [2.45, 2.75) is 10.1 Å². The van der Waals surface area contributed by atoms with Crippen LogP contribution in [0.15, 0.2) is 144 Å². The van der Waals surface area contributed by atoms with E-state index in [9.17, 15) is 14.4 Å². The molecule has 1 aromatic heterocycles. The van der Waals surface area contributed by atoms with Gasteiger partial charge in [0.2, 0.25) is 5.91 Å². The number of thioether (sulfide) groups is 1. The third kappa shape index (κ3) is 8.05. The van der Waals surface area contributed by atoms with Gasteiger partial charge < -0.3 is 30.4 Å². The number of amides is 3. The highest BCUT2D eigenvalue weighted by molar-refractivity contribution is 8.00. The molecule has 6 aromatic rings. The van der Waals surface area contributed by atoms with E-state index in [1.807, 2.05) is 66.7 Å². The van der Waals surface area contributed by atoms with Crippen molar-refractivity contribution in [1.82, 2.24) is 10.3 Å². The van der Waals surface area contributed by atoms with Gasteiger partial charge in [0, 0.05) is 44.9 Å². The summed E-state index contributed by atoms with van der Waals surface area (Å²) in [5.74, 6) is -0.123. The van der Waals surface area contributed by atoms with E-state index in [-0.39, 0.29) is 11.6 Å². The van der Waals surface area contributed by atoms with Gasteiger partial charge >= 0.3 is 0 Å². The zero-order valence-electron chi connectivity index (χ0n) is 27.3. The SMILES string of the molecule is COc1ccc(OC)c(NC(=O)C(Sc2cccc(NC(=O)/C(=C/c3c[nH]c4ccccc34)NC(=O)c3ccccc3)c2)c2ccccc2)c1. The summed E-state index contributed by atoms with van der Waals surface area (Å²) >= 11 is 1.33. The lowest BCUT2D eigenvalue weighted by molar-refractivity contribution is -0.116. The first-order chi connectivity index (χ1) is 24.4. The van der Waals surface area contributed by atoms with Crippen molar-refractivity contribution in [3.8, 4) is 11.5 Å². The van der Waals surface area contributed by atoms with Crippen LogP contribution in [0.3, 0.4) is 0 Å². The number of aromatic nitrogens is 1. The van der Waals surface area contributed by atoms with Crippen molar-refractivity contribution in [3.05, 3.63) is 156 Å². The molecule has 0 radical (unpaired) electrons. The summed E-state index contributed by atoms with van der Waals surface area (Å²) in [6.07, 6.45) is 3.44. The van der Waals surface area contributed by atoms with Gasteiger partial charge in [-0.15, -0.1) is 11.8 Å². The number of methoxy groups -OCH3 is 2. The maximum absolute atomic E-state index is 13.9. The predicted octanol–water partition coefficient (Wildman–Crippen LogP) is 8.07. The standard InChI is InChI=1S/C40H34N4O5S/c1-48-30-20-21-36(49-2)34(24-30)43-40(47)37(26-12-5-3-6-13-26)50-31-17-11-16-29(23-31)42-39(46)35(44-38(45)27-14-7-4-8-15-27)22-28-25-41-33-19-10-9-18-32(28)33/h3-25,37,41H,1-2H3,(H,42,46)(H,43,47)(H,44,45)/b35-22-. The fourth-order valence-electron chi connectivity index (χ4n) is 5.30. The Hall–Kier alpha value is -6.26. The van der Waals surface area contributed by atoms with Gasteiger partial charge in [-0.25, -0.2) is 0 Å². The van der Waals surface area contributed by atoms with Crippen LogP contribution in [0.4, 0.5) is 11.4 Å². The molecule has 0 fully saturated rings. The summed E-state index contributed by atoms with van der Waals surface area (Å²) in [5, 5.41) is 8.98. The molecule has 0 aliphatic rings. The number of carbonyl (C=O) groups excluding carboxylic acids is 3. The zero-order valence-corrected chi connectivity index (χ0v) is 28.1. The number of para-hydroxylation sites is 1. The molecule has 0 saturated carbocycles. The van der Waals surface area contributed by atoms with Gasteiger partial charge in [-0.2, -0.15) is 0 Å². The quantitative estimate of drug-likeness (QED) is 0.0766. The molecule has 5 aromatic carbocycles. The van der Waals surface area contributed by atoms with E-state index in [1.165, 1.54) is 18.9 Å². The molecular weight excluding hydrogens is 649 g/mol. The molecule has 1 atom stereocenters. The van der Waals surface area contributed by atoms with Gasteiger partial charge in [0.1, 0.15) is 22.4 Å². The summed E-state index contributed by atoms with van der Waals surface area (Å²) in [6.45, 7) is 0. The van der Waals surface area contributed by atoms with Gasteiger partial charge in [0.05, 0.1) is 19.9 Å². The molecule has 10 heteroatoms. The normalized spacial score (nSPS) is 11.8. The number of ether oxygens (including phenoxy) is 2. The van der Waals surface area contributed by atoms with Crippen LogP contribution >= 0.6 is 11.8 Å². The second-order valence-electron chi connectivity index (χ2n) is 11.1. The number of hydrogen-bond acceptors (Lipinski definition) is 6. The van der Waals surface area contributed by atoms with Crippen LogP contribution in [0.5, 0.6) is 11.5 Å². The van der Waals surface area contributed by atoms with Crippen LogP contribution in [-0.4, -0.2) is 36.9 Å². The van der Waals surface area contributed by atoms with Crippen molar-refractivity contribution in [2.75, 3.05) is 24.9 Å². The summed E-state index contributed by atoms with van der Waals surface area (Å²) in [4.78, 5) is 44.8.